The van der Waals surface area contributed by atoms with Crippen LogP contribution in [-0.4, -0.2) is 22.9 Å². The van der Waals surface area contributed by atoms with Gasteiger partial charge in [0.1, 0.15) is 11.8 Å². The van der Waals surface area contributed by atoms with Gasteiger partial charge in [0.25, 0.3) is 0 Å². The van der Waals surface area contributed by atoms with E-state index in [0.29, 0.717) is 12.7 Å². The number of hydrogen-bond acceptors (Lipinski definition) is 3. The van der Waals surface area contributed by atoms with Crippen molar-refractivity contribution in [2.45, 2.75) is 31.2 Å². The monoisotopic (exact) mass is 235 g/mol. The van der Waals surface area contributed by atoms with E-state index in [2.05, 4.69) is 0 Å². The minimum absolute atomic E-state index is 0.185. The maximum Gasteiger partial charge on any atom is 0.324 e. The number of carbonyl (C=O) groups is 2. The van der Waals surface area contributed by atoms with Crippen molar-refractivity contribution in [3.8, 4) is 0 Å². The van der Waals surface area contributed by atoms with Gasteiger partial charge in [-0.15, -0.1) is 0 Å². The summed E-state index contributed by atoms with van der Waals surface area (Å²) in [6.07, 6.45) is 0.954. The molecule has 0 saturated carbocycles. The Bertz CT molecular complexity index is 391. The van der Waals surface area contributed by atoms with E-state index >= 15 is 0 Å². The maximum absolute atomic E-state index is 11.3. The van der Waals surface area contributed by atoms with E-state index in [4.69, 9.17) is 5.73 Å². The van der Waals surface area contributed by atoms with Crippen molar-refractivity contribution >= 4 is 12.3 Å². The van der Waals surface area contributed by atoms with Crippen LogP contribution in [0.3, 0.4) is 0 Å². The second-order valence-corrected chi connectivity index (χ2v) is 4.09. The van der Waals surface area contributed by atoms with Crippen LogP contribution in [-0.2, 0) is 9.59 Å². The van der Waals surface area contributed by atoms with E-state index < -0.39 is 11.5 Å². The van der Waals surface area contributed by atoms with Gasteiger partial charge in [-0.05, 0) is 12.0 Å². The molecule has 0 saturated heterocycles. The molecule has 4 heteroatoms. The van der Waals surface area contributed by atoms with Gasteiger partial charge in [-0.1, -0.05) is 37.3 Å². The lowest BCUT2D eigenvalue weighted by Crippen LogP contribution is -2.53. The highest BCUT2D eigenvalue weighted by atomic mass is 16.4. The minimum Gasteiger partial charge on any atom is -0.480 e. The molecule has 0 fully saturated rings. The van der Waals surface area contributed by atoms with E-state index in [1.165, 1.54) is 0 Å². The molecular weight excluding hydrogens is 218 g/mol. The highest BCUT2D eigenvalue weighted by molar-refractivity contribution is 5.83. The zero-order valence-corrected chi connectivity index (χ0v) is 9.80. The zero-order valence-electron chi connectivity index (χ0n) is 9.80. The van der Waals surface area contributed by atoms with Crippen molar-refractivity contribution in [2.75, 3.05) is 0 Å². The molecule has 0 spiro atoms. The molecule has 0 aliphatic heterocycles. The molecule has 3 N–H and O–H groups in total. The highest BCUT2D eigenvalue weighted by Gasteiger charge is 2.41. The third kappa shape index (κ3) is 2.71. The Kier molecular flexibility index (Phi) is 4.40. The summed E-state index contributed by atoms with van der Waals surface area (Å²) < 4.78 is 0. The van der Waals surface area contributed by atoms with E-state index in [1.807, 2.05) is 37.3 Å². The Hall–Kier alpha value is -1.68. The summed E-state index contributed by atoms with van der Waals surface area (Å²) >= 11 is 0. The van der Waals surface area contributed by atoms with Crippen molar-refractivity contribution in [1.29, 1.82) is 0 Å². The van der Waals surface area contributed by atoms with Crippen LogP contribution in [0.5, 0.6) is 0 Å². The van der Waals surface area contributed by atoms with Crippen LogP contribution >= 0.6 is 0 Å². The molecule has 2 atom stereocenters. The van der Waals surface area contributed by atoms with Crippen LogP contribution in [0.1, 0.15) is 31.2 Å². The van der Waals surface area contributed by atoms with Gasteiger partial charge in [-0.2, -0.15) is 0 Å². The predicted molar refractivity (Wildman–Crippen MR) is 64.7 cm³/mol. The Balaban J connectivity index is 3.15. The molecule has 0 heterocycles. The van der Waals surface area contributed by atoms with E-state index in [9.17, 15) is 14.7 Å². The molecule has 0 aliphatic rings. The maximum atomic E-state index is 11.3. The molecule has 1 aromatic rings. The first-order valence-corrected chi connectivity index (χ1v) is 5.57. The number of aliphatic carboxylic acids is 1. The molecule has 0 radical (unpaired) electrons. The third-order valence-electron chi connectivity index (χ3n) is 3.05. The topological polar surface area (TPSA) is 80.4 Å². The Morgan fingerprint density at radius 3 is 2.47 bits per heavy atom. The zero-order chi connectivity index (χ0) is 12.9. The van der Waals surface area contributed by atoms with Crippen molar-refractivity contribution in [2.24, 2.45) is 5.73 Å². The van der Waals surface area contributed by atoms with Crippen molar-refractivity contribution in [3.63, 3.8) is 0 Å². The summed E-state index contributed by atoms with van der Waals surface area (Å²) in [5, 5.41) is 9.24. The SMILES string of the molecule is CCC(c1ccccc1)C(N)(CC=O)C(=O)O. The van der Waals surface area contributed by atoms with Gasteiger partial charge in [0.15, 0.2) is 0 Å². The summed E-state index contributed by atoms with van der Waals surface area (Å²) in [6, 6.07) is 9.20. The number of rotatable bonds is 6. The average Bonchev–Trinajstić information content (AvgIpc) is 2.31. The number of carbonyl (C=O) groups excluding carboxylic acids is 1. The predicted octanol–water partition coefficient (Wildman–Crippen LogP) is 1.55. The second kappa shape index (κ2) is 5.59. The first-order valence-electron chi connectivity index (χ1n) is 5.57. The van der Waals surface area contributed by atoms with Crippen molar-refractivity contribution < 1.29 is 14.7 Å². The average molecular weight is 235 g/mol. The van der Waals surface area contributed by atoms with Crippen LogP contribution in [0.25, 0.3) is 0 Å². The van der Waals surface area contributed by atoms with Gasteiger partial charge in [0, 0.05) is 12.3 Å². The summed E-state index contributed by atoms with van der Waals surface area (Å²) in [6.45, 7) is 1.87. The van der Waals surface area contributed by atoms with Crippen LogP contribution in [0.4, 0.5) is 0 Å². The second-order valence-electron chi connectivity index (χ2n) is 4.09. The molecule has 0 aliphatic carbocycles. The van der Waals surface area contributed by atoms with Gasteiger partial charge in [0.05, 0.1) is 0 Å². The largest absolute Gasteiger partial charge is 0.480 e. The lowest BCUT2D eigenvalue weighted by Gasteiger charge is -2.32. The molecule has 2 unspecified atom stereocenters. The van der Waals surface area contributed by atoms with E-state index in [0.717, 1.165) is 5.56 Å². The molecule has 4 nitrogen and oxygen atoms in total. The van der Waals surface area contributed by atoms with Crippen LogP contribution in [0, 0.1) is 0 Å². The Morgan fingerprint density at radius 2 is 2.06 bits per heavy atom. The smallest absolute Gasteiger partial charge is 0.324 e. The third-order valence-corrected chi connectivity index (χ3v) is 3.05. The van der Waals surface area contributed by atoms with Crippen LogP contribution < -0.4 is 5.73 Å². The molecule has 0 amide bonds. The van der Waals surface area contributed by atoms with Crippen LogP contribution in [0.15, 0.2) is 30.3 Å². The Morgan fingerprint density at radius 1 is 1.47 bits per heavy atom. The lowest BCUT2D eigenvalue weighted by atomic mass is 9.76. The molecule has 1 aromatic carbocycles. The summed E-state index contributed by atoms with van der Waals surface area (Å²) in [4.78, 5) is 21.9. The molecule has 17 heavy (non-hydrogen) atoms. The van der Waals surface area contributed by atoms with E-state index in [1.54, 1.807) is 0 Å². The van der Waals surface area contributed by atoms with Gasteiger partial charge >= 0.3 is 5.97 Å². The van der Waals surface area contributed by atoms with Crippen molar-refractivity contribution in [3.05, 3.63) is 35.9 Å². The normalized spacial score (nSPS) is 15.9. The number of aldehydes is 1. The van der Waals surface area contributed by atoms with E-state index in [-0.39, 0.29) is 12.3 Å². The summed E-state index contributed by atoms with van der Waals surface area (Å²) in [5.41, 5.74) is 5.23. The first-order chi connectivity index (χ1) is 8.06. The standard InChI is InChI=1S/C13H17NO3/c1-2-11(10-6-4-3-5-7-10)13(14,8-9-15)12(16)17/h3-7,9,11H,2,8,14H2,1H3,(H,16,17). The van der Waals surface area contributed by atoms with Gasteiger partial charge < -0.3 is 15.6 Å². The first kappa shape index (κ1) is 13.4. The minimum atomic E-state index is -1.53. The number of benzene rings is 1. The lowest BCUT2D eigenvalue weighted by molar-refractivity contribution is -0.145. The molecule has 0 aromatic heterocycles. The fourth-order valence-electron chi connectivity index (χ4n) is 2.10. The molecule has 0 bridgehead atoms. The fraction of sp³-hybridized carbons (Fsp3) is 0.385. The summed E-state index contributed by atoms with van der Waals surface area (Å²) in [7, 11) is 0. The highest BCUT2D eigenvalue weighted by Crippen LogP contribution is 2.31. The number of nitrogens with two attached hydrogens (primary N) is 1. The van der Waals surface area contributed by atoms with Gasteiger partial charge in [-0.3, -0.25) is 4.79 Å². The fourth-order valence-corrected chi connectivity index (χ4v) is 2.10. The Labute approximate surface area is 100 Å². The van der Waals surface area contributed by atoms with Crippen LogP contribution in [0.2, 0.25) is 0 Å². The van der Waals surface area contributed by atoms with Crippen molar-refractivity contribution in [1.82, 2.24) is 0 Å². The number of carboxylic acid groups (broad SMARTS) is 1. The number of carboxylic acids is 1. The quantitative estimate of drug-likeness (QED) is 0.733. The van der Waals surface area contributed by atoms with Gasteiger partial charge in [0.2, 0.25) is 0 Å². The molecule has 1 rings (SSSR count). The number of hydrogen-bond donors (Lipinski definition) is 2. The summed E-state index contributed by atoms with van der Waals surface area (Å²) in [5.74, 6) is -1.51. The van der Waals surface area contributed by atoms with Gasteiger partial charge in [-0.25, -0.2) is 0 Å². The molecule has 92 valence electrons. The molecular formula is C13H17NO3.